The van der Waals surface area contributed by atoms with E-state index in [1.54, 1.807) is 0 Å². The van der Waals surface area contributed by atoms with Crippen molar-refractivity contribution in [2.45, 2.75) is 10.9 Å². The van der Waals surface area contributed by atoms with E-state index in [-0.39, 0.29) is 5.76 Å². The minimum absolute atomic E-state index is 0.197. The average Bonchev–Trinajstić information content (AvgIpc) is 2.31. The zero-order valence-electron chi connectivity index (χ0n) is 5.60. The van der Waals surface area contributed by atoms with Gasteiger partial charge < -0.3 is 9.52 Å². The first kappa shape index (κ1) is 10.1. The molecule has 1 aromatic heterocycles. The molecule has 0 aliphatic carbocycles. The van der Waals surface area contributed by atoms with Crippen LogP contribution in [0.4, 0.5) is 8.78 Å². The number of aliphatic hydroxyl groups is 1. The largest absolute Gasteiger partial charge is 0.465 e. The molecule has 0 fully saturated rings. The van der Waals surface area contributed by atoms with E-state index in [9.17, 15) is 8.78 Å². The standard InChI is InChI=1S/C6H4Br2F2O2/c7-3-1-2-12-4(3)5(11)6(8,9)10/h1-2,5,11H. The van der Waals surface area contributed by atoms with Gasteiger partial charge in [0.2, 0.25) is 0 Å². The van der Waals surface area contributed by atoms with Crippen molar-refractivity contribution in [3.63, 3.8) is 0 Å². The Balaban J connectivity index is 2.92. The van der Waals surface area contributed by atoms with Crippen LogP contribution in [0.2, 0.25) is 0 Å². The Morgan fingerprint density at radius 1 is 1.58 bits per heavy atom. The lowest BCUT2D eigenvalue weighted by Crippen LogP contribution is -2.17. The highest BCUT2D eigenvalue weighted by molar-refractivity contribution is 9.10. The maximum atomic E-state index is 12.4. The van der Waals surface area contributed by atoms with Gasteiger partial charge >= 0.3 is 4.83 Å². The molecule has 1 unspecified atom stereocenters. The van der Waals surface area contributed by atoms with E-state index in [1.165, 1.54) is 12.3 Å². The van der Waals surface area contributed by atoms with Crippen LogP contribution in [0.3, 0.4) is 0 Å². The molecule has 0 aliphatic heterocycles. The molecule has 1 rings (SSSR count). The van der Waals surface area contributed by atoms with Gasteiger partial charge in [0.25, 0.3) is 0 Å². The van der Waals surface area contributed by atoms with Crippen molar-refractivity contribution in [2.24, 2.45) is 0 Å². The van der Waals surface area contributed by atoms with Crippen LogP contribution in [0.25, 0.3) is 0 Å². The van der Waals surface area contributed by atoms with Crippen LogP contribution in [0.15, 0.2) is 21.2 Å². The molecule has 68 valence electrons. The molecule has 0 bridgehead atoms. The molecule has 1 heterocycles. The highest BCUT2D eigenvalue weighted by Crippen LogP contribution is 2.39. The molecule has 0 spiro atoms. The molecule has 1 N–H and O–H groups in total. The number of alkyl halides is 3. The summed E-state index contributed by atoms with van der Waals surface area (Å²) < 4.78 is 29.8. The number of halogens is 4. The van der Waals surface area contributed by atoms with Crippen LogP contribution in [0, 0.1) is 0 Å². The van der Waals surface area contributed by atoms with E-state index in [1.807, 2.05) is 15.9 Å². The highest BCUT2D eigenvalue weighted by atomic mass is 79.9. The summed E-state index contributed by atoms with van der Waals surface area (Å²) in [5.74, 6) is -0.197. The lowest BCUT2D eigenvalue weighted by molar-refractivity contribution is -0.0407. The predicted molar refractivity (Wildman–Crippen MR) is 45.2 cm³/mol. The van der Waals surface area contributed by atoms with E-state index in [4.69, 9.17) is 5.11 Å². The van der Waals surface area contributed by atoms with Crippen molar-refractivity contribution in [3.8, 4) is 0 Å². The molecule has 0 radical (unpaired) electrons. The summed E-state index contributed by atoms with van der Waals surface area (Å²) >= 11 is 4.99. The van der Waals surface area contributed by atoms with Crippen molar-refractivity contribution in [3.05, 3.63) is 22.6 Å². The molecule has 2 nitrogen and oxygen atoms in total. The van der Waals surface area contributed by atoms with Crippen LogP contribution in [0.5, 0.6) is 0 Å². The molecule has 6 heteroatoms. The second-order valence-electron chi connectivity index (χ2n) is 2.08. The maximum Gasteiger partial charge on any atom is 0.333 e. The summed E-state index contributed by atoms with van der Waals surface area (Å²) in [6, 6.07) is 1.43. The van der Waals surface area contributed by atoms with Crippen molar-refractivity contribution >= 4 is 31.9 Å². The van der Waals surface area contributed by atoms with Crippen molar-refractivity contribution < 1.29 is 18.3 Å². The number of aliphatic hydroxyl groups excluding tert-OH is 1. The van der Waals surface area contributed by atoms with Gasteiger partial charge in [0.15, 0.2) is 11.9 Å². The van der Waals surface area contributed by atoms with E-state index < -0.39 is 10.9 Å². The van der Waals surface area contributed by atoms with Crippen LogP contribution in [-0.4, -0.2) is 9.94 Å². The Morgan fingerprint density at radius 3 is 2.50 bits per heavy atom. The van der Waals surface area contributed by atoms with Crippen molar-refractivity contribution in [1.82, 2.24) is 0 Å². The molecule has 0 saturated carbocycles. The lowest BCUT2D eigenvalue weighted by Gasteiger charge is -2.13. The molecular formula is C6H4Br2F2O2. The summed E-state index contributed by atoms with van der Waals surface area (Å²) in [6.07, 6.45) is -0.775. The van der Waals surface area contributed by atoms with Crippen LogP contribution < -0.4 is 0 Å². The van der Waals surface area contributed by atoms with E-state index in [0.717, 1.165) is 0 Å². The lowest BCUT2D eigenvalue weighted by atomic mass is 10.3. The minimum Gasteiger partial charge on any atom is -0.465 e. The Morgan fingerprint density at radius 2 is 2.17 bits per heavy atom. The van der Waals surface area contributed by atoms with Gasteiger partial charge in [0, 0.05) is 0 Å². The van der Waals surface area contributed by atoms with Gasteiger partial charge in [-0.05, 0) is 37.9 Å². The number of furan rings is 1. The zero-order valence-corrected chi connectivity index (χ0v) is 8.77. The first-order valence-electron chi connectivity index (χ1n) is 2.90. The predicted octanol–water partition coefficient (Wildman–Crippen LogP) is 3.06. The first-order chi connectivity index (χ1) is 5.43. The Bertz CT molecular complexity index is 269. The summed E-state index contributed by atoms with van der Waals surface area (Å²) in [6.45, 7) is 0. The molecule has 12 heavy (non-hydrogen) atoms. The second kappa shape index (κ2) is 3.43. The molecule has 0 amide bonds. The second-order valence-corrected chi connectivity index (χ2v) is 3.99. The van der Waals surface area contributed by atoms with Gasteiger partial charge in [-0.2, -0.15) is 8.78 Å². The molecule has 1 aromatic rings. The molecule has 0 aromatic carbocycles. The van der Waals surface area contributed by atoms with Crippen LogP contribution in [-0.2, 0) is 0 Å². The normalized spacial score (nSPS) is 14.8. The quantitative estimate of drug-likeness (QED) is 0.852. The van der Waals surface area contributed by atoms with Crippen molar-refractivity contribution in [1.29, 1.82) is 0 Å². The number of hydrogen-bond donors (Lipinski definition) is 1. The fraction of sp³-hybridized carbons (Fsp3) is 0.333. The fourth-order valence-corrected chi connectivity index (χ4v) is 1.28. The van der Waals surface area contributed by atoms with Gasteiger partial charge in [-0.1, -0.05) is 0 Å². The third-order valence-electron chi connectivity index (χ3n) is 1.20. The summed E-state index contributed by atoms with van der Waals surface area (Å²) in [4.78, 5) is -3.38. The first-order valence-corrected chi connectivity index (χ1v) is 4.49. The third-order valence-corrected chi connectivity index (χ3v) is 2.29. The van der Waals surface area contributed by atoms with E-state index in [2.05, 4.69) is 20.3 Å². The summed E-state index contributed by atoms with van der Waals surface area (Å²) in [5.41, 5.74) is 0. The SMILES string of the molecule is OC(c1occc1Br)C(F)(F)Br. The zero-order chi connectivity index (χ0) is 9.35. The molecule has 0 aliphatic rings. The van der Waals surface area contributed by atoms with Gasteiger partial charge in [-0.3, -0.25) is 0 Å². The minimum atomic E-state index is -3.38. The molecule has 0 saturated heterocycles. The molecule has 1 atom stereocenters. The monoisotopic (exact) mass is 304 g/mol. The number of hydrogen-bond acceptors (Lipinski definition) is 2. The maximum absolute atomic E-state index is 12.4. The average molecular weight is 306 g/mol. The van der Waals surface area contributed by atoms with E-state index >= 15 is 0 Å². The fourth-order valence-electron chi connectivity index (χ4n) is 0.649. The van der Waals surface area contributed by atoms with Gasteiger partial charge in [0.05, 0.1) is 10.7 Å². The Hall–Kier alpha value is 0.0600. The third kappa shape index (κ3) is 2.05. The van der Waals surface area contributed by atoms with Gasteiger partial charge in [-0.25, -0.2) is 0 Å². The van der Waals surface area contributed by atoms with Gasteiger partial charge in [0.1, 0.15) is 0 Å². The van der Waals surface area contributed by atoms with Crippen molar-refractivity contribution in [2.75, 3.05) is 0 Å². The van der Waals surface area contributed by atoms with Crippen LogP contribution in [0.1, 0.15) is 11.9 Å². The number of rotatable bonds is 2. The van der Waals surface area contributed by atoms with E-state index in [0.29, 0.717) is 4.47 Å². The Kier molecular flexibility index (Phi) is 2.90. The smallest absolute Gasteiger partial charge is 0.333 e. The van der Waals surface area contributed by atoms with Gasteiger partial charge in [-0.15, -0.1) is 0 Å². The highest BCUT2D eigenvalue weighted by Gasteiger charge is 2.39. The summed E-state index contributed by atoms with van der Waals surface area (Å²) in [5, 5.41) is 9.01. The summed E-state index contributed by atoms with van der Waals surface area (Å²) in [7, 11) is 0. The Labute approximate surface area is 83.8 Å². The molecular weight excluding hydrogens is 302 g/mol. The van der Waals surface area contributed by atoms with Crippen LogP contribution >= 0.6 is 31.9 Å². The topological polar surface area (TPSA) is 33.4 Å².